The number of carbonyl (C=O) groups is 1. The summed E-state index contributed by atoms with van der Waals surface area (Å²) >= 11 is 0. The molecular formula is C16H23NO2. The van der Waals surface area contributed by atoms with Crippen LogP contribution >= 0.6 is 0 Å². The molecule has 0 spiro atoms. The summed E-state index contributed by atoms with van der Waals surface area (Å²) in [6, 6.07) is 8.06. The lowest BCUT2D eigenvalue weighted by molar-refractivity contribution is -0.124. The van der Waals surface area contributed by atoms with Gasteiger partial charge < -0.3 is 10.1 Å². The molecule has 0 aromatic heterocycles. The van der Waals surface area contributed by atoms with Crippen LogP contribution in [0.1, 0.15) is 37.7 Å². The first-order chi connectivity index (χ1) is 9.31. The smallest absolute Gasteiger partial charge is 0.223 e. The number of nitrogens with one attached hydrogen (secondary N) is 1. The number of ether oxygens (including phenoxy) is 1. The lowest BCUT2D eigenvalue weighted by Crippen LogP contribution is -2.30. The molecule has 1 aromatic carbocycles. The van der Waals surface area contributed by atoms with Gasteiger partial charge in [0.25, 0.3) is 0 Å². The SMILES string of the molecule is COc1ccccc1CCCNC(=O)C1CCCC1. The number of carbonyl (C=O) groups excluding carboxylic acids is 1. The average molecular weight is 261 g/mol. The maximum absolute atomic E-state index is 11.8. The number of aryl methyl sites for hydroxylation is 1. The summed E-state index contributed by atoms with van der Waals surface area (Å²) in [5, 5.41) is 3.05. The quantitative estimate of drug-likeness (QED) is 0.800. The van der Waals surface area contributed by atoms with Crippen molar-refractivity contribution in [1.82, 2.24) is 5.32 Å². The molecule has 1 aliphatic rings. The van der Waals surface area contributed by atoms with Crippen LogP contribution in [0.3, 0.4) is 0 Å². The van der Waals surface area contributed by atoms with Gasteiger partial charge in [0.2, 0.25) is 5.91 Å². The molecule has 0 aliphatic heterocycles. The predicted octanol–water partition coefficient (Wildman–Crippen LogP) is 2.93. The van der Waals surface area contributed by atoms with Gasteiger partial charge in [0.1, 0.15) is 5.75 Å². The predicted molar refractivity (Wildman–Crippen MR) is 76.3 cm³/mol. The minimum absolute atomic E-state index is 0.248. The minimum Gasteiger partial charge on any atom is -0.496 e. The fourth-order valence-corrected chi connectivity index (χ4v) is 2.73. The summed E-state index contributed by atoms with van der Waals surface area (Å²) in [5.41, 5.74) is 1.21. The molecule has 1 fully saturated rings. The number of hydrogen-bond acceptors (Lipinski definition) is 2. The molecule has 1 saturated carbocycles. The molecule has 0 bridgehead atoms. The van der Waals surface area contributed by atoms with Gasteiger partial charge in [-0.1, -0.05) is 31.0 Å². The van der Waals surface area contributed by atoms with E-state index in [0.717, 1.165) is 38.0 Å². The summed E-state index contributed by atoms with van der Waals surface area (Å²) in [4.78, 5) is 11.8. The van der Waals surface area contributed by atoms with Crippen LogP contribution in [0.15, 0.2) is 24.3 Å². The van der Waals surface area contributed by atoms with Gasteiger partial charge in [-0.15, -0.1) is 0 Å². The molecule has 0 atom stereocenters. The Kier molecular flexibility index (Phi) is 5.25. The van der Waals surface area contributed by atoms with E-state index in [4.69, 9.17) is 4.74 Å². The van der Waals surface area contributed by atoms with E-state index in [1.165, 1.54) is 18.4 Å². The Labute approximate surface area is 115 Å². The van der Waals surface area contributed by atoms with E-state index in [2.05, 4.69) is 11.4 Å². The van der Waals surface area contributed by atoms with Crippen molar-refractivity contribution in [3.8, 4) is 5.75 Å². The number of rotatable bonds is 6. The third-order valence-corrected chi connectivity index (χ3v) is 3.84. The summed E-state index contributed by atoms with van der Waals surface area (Å²) < 4.78 is 5.32. The Morgan fingerprint density at radius 1 is 1.32 bits per heavy atom. The Bertz CT molecular complexity index is 411. The molecule has 0 radical (unpaired) electrons. The van der Waals surface area contributed by atoms with Gasteiger partial charge in [-0.05, 0) is 37.3 Å². The topological polar surface area (TPSA) is 38.3 Å². The third kappa shape index (κ3) is 3.98. The Morgan fingerprint density at radius 3 is 2.79 bits per heavy atom. The van der Waals surface area contributed by atoms with Gasteiger partial charge in [-0.3, -0.25) is 4.79 Å². The molecule has 1 N–H and O–H groups in total. The Balaban J connectivity index is 1.70. The highest BCUT2D eigenvalue weighted by atomic mass is 16.5. The van der Waals surface area contributed by atoms with Crippen molar-refractivity contribution in [2.75, 3.05) is 13.7 Å². The zero-order chi connectivity index (χ0) is 13.5. The molecule has 104 valence electrons. The van der Waals surface area contributed by atoms with Gasteiger partial charge in [0.15, 0.2) is 0 Å². The van der Waals surface area contributed by atoms with Crippen LogP contribution in [-0.2, 0) is 11.2 Å². The number of amides is 1. The maximum atomic E-state index is 11.8. The third-order valence-electron chi connectivity index (χ3n) is 3.84. The van der Waals surface area contributed by atoms with Crippen LogP contribution in [0.25, 0.3) is 0 Å². The van der Waals surface area contributed by atoms with E-state index in [9.17, 15) is 4.79 Å². The number of benzene rings is 1. The van der Waals surface area contributed by atoms with Crippen molar-refractivity contribution in [2.45, 2.75) is 38.5 Å². The van der Waals surface area contributed by atoms with Crippen LogP contribution in [0.4, 0.5) is 0 Å². The first-order valence-corrected chi connectivity index (χ1v) is 7.21. The van der Waals surface area contributed by atoms with Gasteiger partial charge in [-0.2, -0.15) is 0 Å². The highest BCUT2D eigenvalue weighted by Crippen LogP contribution is 2.24. The van der Waals surface area contributed by atoms with Gasteiger partial charge in [0, 0.05) is 12.5 Å². The Hall–Kier alpha value is -1.51. The Morgan fingerprint density at radius 2 is 2.05 bits per heavy atom. The number of hydrogen-bond donors (Lipinski definition) is 1. The minimum atomic E-state index is 0.248. The molecule has 3 nitrogen and oxygen atoms in total. The van der Waals surface area contributed by atoms with E-state index in [-0.39, 0.29) is 11.8 Å². The fraction of sp³-hybridized carbons (Fsp3) is 0.562. The van der Waals surface area contributed by atoms with Gasteiger partial charge in [0.05, 0.1) is 7.11 Å². The maximum Gasteiger partial charge on any atom is 0.223 e. The van der Waals surface area contributed by atoms with E-state index in [1.54, 1.807) is 7.11 Å². The van der Waals surface area contributed by atoms with Crippen molar-refractivity contribution in [1.29, 1.82) is 0 Å². The zero-order valence-electron chi connectivity index (χ0n) is 11.7. The number of methoxy groups -OCH3 is 1. The molecule has 3 heteroatoms. The van der Waals surface area contributed by atoms with E-state index in [0.29, 0.717) is 0 Å². The number of para-hydroxylation sites is 1. The molecule has 0 saturated heterocycles. The molecule has 1 amide bonds. The second kappa shape index (κ2) is 7.17. The van der Waals surface area contributed by atoms with Gasteiger partial charge in [-0.25, -0.2) is 0 Å². The van der Waals surface area contributed by atoms with Crippen molar-refractivity contribution < 1.29 is 9.53 Å². The first-order valence-electron chi connectivity index (χ1n) is 7.21. The normalized spacial score (nSPS) is 15.4. The van der Waals surface area contributed by atoms with Crippen molar-refractivity contribution in [3.05, 3.63) is 29.8 Å². The largest absolute Gasteiger partial charge is 0.496 e. The standard InChI is InChI=1S/C16H23NO2/c1-19-15-11-5-4-7-13(15)10-6-12-17-16(18)14-8-2-3-9-14/h4-5,7,11,14H,2-3,6,8-10,12H2,1H3,(H,17,18). The molecule has 1 aromatic rings. The van der Waals surface area contributed by atoms with E-state index in [1.807, 2.05) is 18.2 Å². The molecule has 0 heterocycles. The van der Waals surface area contributed by atoms with Crippen LogP contribution in [0, 0.1) is 5.92 Å². The monoisotopic (exact) mass is 261 g/mol. The van der Waals surface area contributed by atoms with Crippen LogP contribution in [0.5, 0.6) is 5.75 Å². The van der Waals surface area contributed by atoms with Crippen LogP contribution in [0.2, 0.25) is 0 Å². The molecule has 1 aliphatic carbocycles. The fourth-order valence-electron chi connectivity index (χ4n) is 2.73. The summed E-state index contributed by atoms with van der Waals surface area (Å²) in [6.07, 6.45) is 6.45. The van der Waals surface area contributed by atoms with Crippen LogP contribution in [-0.4, -0.2) is 19.6 Å². The lowest BCUT2D eigenvalue weighted by Gasteiger charge is -2.11. The average Bonchev–Trinajstić information content (AvgIpc) is 2.98. The van der Waals surface area contributed by atoms with Gasteiger partial charge >= 0.3 is 0 Å². The second-order valence-electron chi connectivity index (χ2n) is 5.19. The molecule has 2 rings (SSSR count). The first kappa shape index (κ1) is 13.9. The van der Waals surface area contributed by atoms with E-state index >= 15 is 0 Å². The zero-order valence-corrected chi connectivity index (χ0v) is 11.7. The summed E-state index contributed by atoms with van der Waals surface area (Å²) in [6.45, 7) is 0.757. The highest BCUT2D eigenvalue weighted by Gasteiger charge is 2.21. The molecular weight excluding hydrogens is 238 g/mol. The molecule has 19 heavy (non-hydrogen) atoms. The van der Waals surface area contributed by atoms with Crippen molar-refractivity contribution in [2.24, 2.45) is 5.92 Å². The van der Waals surface area contributed by atoms with Crippen molar-refractivity contribution >= 4 is 5.91 Å². The highest BCUT2D eigenvalue weighted by molar-refractivity contribution is 5.78. The second-order valence-corrected chi connectivity index (χ2v) is 5.19. The molecule has 0 unspecified atom stereocenters. The van der Waals surface area contributed by atoms with Crippen LogP contribution < -0.4 is 10.1 Å². The van der Waals surface area contributed by atoms with E-state index < -0.39 is 0 Å². The summed E-state index contributed by atoms with van der Waals surface area (Å²) in [7, 11) is 1.70. The lowest BCUT2D eigenvalue weighted by atomic mass is 10.1. The summed E-state index contributed by atoms with van der Waals surface area (Å²) in [5.74, 6) is 1.45. The van der Waals surface area contributed by atoms with Crippen molar-refractivity contribution in [3.63, 3.8) is 0 Å².